The van der Waals surface area contributed by atoms with Gasteiger partial charge < -0.3 is 20.1 Å². The van der Waals surface area contributed by atoms with Crippen LogP contribution in [0.3, 0.4) is 0 Å². The molecule has 0 aliphatic carbocycles. The molecule has 0 aliphatic rings. The molecule has 0 saturated carbocycles. The van der Waals surface area contributed by atoms with Gasteiger partial charge in [0.15, 0.2) is 0 Å². The first kappa shape index (κ1) is 19.3. The molecule has 0 spiro atoms. The standard InChI is InChI=1S/C20H24N2O4/c1-3-13-26-18-12-8-6-10-16(18)22-19(23)14-21-20(24)15-9-5-7-11-17(15)25-4-2/h5-12H,3-4,13-14H2,1-2H3,(H,21,24)(H,22,23). The summed E-state index contributed by atoms with van der Waals surface area (Å²) in [5, 5.41) is 5.36. The van der Waals surface area contributed by atoms with Crippen LogP contribution in [-0.4, -0.2) is 31.6 Å². The summed E-state index contributed by atoms with van der Waals surface area (Å²) in [6, 6.07) is 14.1. The molecule has 0 fully saturated rings. The van der Waals surface area contributed by atoms with Crippen LogP contribution in [0.15, 0.2) is 48.5 Å². The molecule has 0 atom stereocenters. The van der Waals surface area contributed by atoms with Gasteiger partial charge >= 0.3 is 0 Å². The van der Waals surface area contributed by atoms with Crippen LogP contribution in [0.4, 0.5) is 5.69 Å². The summed E-state index contributed by atoms with van der Waals surface area (Å²) in [5.74, 6) is 0.404. The highest BCUT2D eigenvalue weighted by molar-refractivity contribution is 6.01. The molecule has 0 radical (unpaired) electrons. The van der Waals surface area contributed by atoms with Crippen molar-refractivity contribution >= 4 is 17.5 Å². The molecule has 2 N–H and O–H groups in total. The minimum absolute atomic E-state index is 0.151. The quantitative estimate of drug-likeness (QED) is 0.723. The van der Waals surface area contributed by atoms with Crippen molar-refractivity contribution in [1.29, 1.82) is 0 Å². The maximum atomic E-state index is 12.3. The number of para-hydroxylation sites is 3. The van der Waals surface area contributed by atoms with Gasteiger partial charge in [0, 0.05) is 0 Å². The molecule has 0 aromatic heterocycles. The Kier molecular flexibility index (Phi) is 7.49. The topological polar surface area (TPSA) is 76.7 Å². The molecule has 2 rings (SSSR count). The first-order valence-electron chi connectivity index (χ1n) is 8.67. The average molecular weight is 356 g/mol. The molecule has 2 amide bonds. The Hall–Kier alpha value is -3.02. The Bertz CT molecular complexity index is 746. The average Bonchev–Trinajstić information content (AvgIpc) is 2.66. The van der Waals surface area contributed by atoms with Gasteiger partial charge in [-0.15, -0.1) is 0 Å². The van der Waals surface area contributed by atoms with Gasteiger partial charge in [0.25, 0.3) is 5.91 Å². The van der Waals surface area contributed by atoms with E-state index in [1.807, 2.05) is 26.0 Å². The van der Waals surface area contributed by atoms with E-state index in [9.17, 15) is 9.59 Å². The van der Waals surface area contributed by atoms with E-state index in [1.54, 1.807) is 36.4 Å². The zero-order valence-corrected chi connectivity index (χ0v) is 15.1. The van der Waals surface area contributed by atoms with Gasteiger partial charge in [0.1, 0.15) is 11.5 Å². The van der Waals surface area contributed by atoms with Crippen molar-refractivity contribution in [1.82, 2.24) is 5.32 Å². The predicted octanol–water partition coefficient (Wildman–Crippen LogP) is 3.24. The number of anilines is 1. The number of hydrogen-bond acceptors (Lipinski definition) is 4. The predicted molar refractivity (Wildman–Crippen MR) is 101 cm³/mol. The van der Waals surface area contributed by atoms with Gasteiger partial charge in [0.2, 0.25) is 5.91 Å². The van der Waals surface area contributed by atoms with Crippen LogP contribution in [0.2, 0.25) is 0 Å². The van der Waals surface area contributed by atoms with E-state index in [4.69, 9.17) is 9.47 Å². The number of hydrogen-bond donors (Lipinski definition) is 2. The zero-order chi connectivity index (χ0) is 18.8. The summed E-state index contributed by atoms with van der Waals surface area (Å²) < 4.78 is 11.0. The van der Waals surface area contributed by atoms with E-state index >= 15 is 0 Å². The summed E-state index contributed by atoms with van der Waals surface area (Å²) in [4.78, 5) is 24.5. The van der Waals surface area contributed by atoms with E-state index in [0.717, 1.165) is 6.42 Å². The Labute approximate surface area is 153 Å². The lowest BCUT2D eigenvalue weighted by atomic mass is 10.2. The van der Waals surface area contributed by atoms with Gasteiger partial charge in [0.05, 0.1) is 31.0 Å². The zero-order valence-electron chi connectivity index (χ0n) is 15.1. The third-order valence-electron chi connectivity index (χ3n) is 3.46. The fourth-order valence-electron chi connectivity index (χ4n) is 2.29. The van der Waals surface area contributed by atoms with E-state index in [2.05, 4.69) is 10.6 Å². The van der Waals surface area contributed by atoms with Crippen molar-refractivity contribution in [2.24, 2.45) is 0 Å². The summed E-state index contributed by atoms with van der Waals surface area (Å²) in [5.41, 5.74) is 0.976. The van der Waals surface area contributed by atoms with Crippen LogP contribution >= 0.6 is 0 Å². The van der Waals surface area contributed by atoms with Crippen molar-refractivity contribution in [2.75, 3.05) is 25.1 Å². The van der Waals surface area contributed by atoms with Crippen molar-refractivity contribution < 1.29 is 19.1 Å². The Balaban J connectivity index is 1.94. The number of benzene rings is 2. The summed E-state index contributed by atoms with van der Waals surface area (Å²) in [6.45, 7) is 4.73. The van der Waals surface area contributed by atoms with Gasteiger partial charge in [-0.3, -0.25) is 9.59 Å². The molecule has 2 aromatic carbocycles. The monoisotopic (exact) mass is 356 g/mol. The molecule has 0 heterocycles. The van der Waals surface area contributed by atoms with Crippen LogP contribution in [0.25, 0.3) is 0 Å². The summed E-state index contributed by atoms with van der Waals surface area (Å²) >= 11 is 0. The molecule has 0 unspecified atom stereocenters. The molecule has 6 heteroatoms. The van der Waals surface area contributed by atoms with Crippen molar-refractivity contribution in [3.05, 3.63) is 54.1 Å². The van der Waals surface area contributed by atoms with Gasteiger partial charge in [-0.2, -0.15) is 0 Å². The molecule has 2 aromatic rings. The molecular formula is C20H24N2O4. The second-order valence-corrected chi connectivity index (χ2v) is 5.50. The van der Waals surface area contributed by atoms with Crippen LogP contribution in [0.1, 0.15) is 30.6 Å². The fraction of sp³-hybridized carbons (Fsp3) is 0.300. The number of rotatable bonds is 9. The lowest BCUT2D eigenvalue weighted by Gasteiger charge is -2.13. The van der Waals surface area contributed by atoms with Gasteiger partial charge in [-0.25, -0.2) is 0 Å². The second-order valence-electron chi connectivity index (χ2n) is 5.50. The largest absolute Gasteiger partial charge is 0.493 e. The van der Waals surface area contributed by atoms with Crippen LogP contribution in [0, 0.1) is 0 Å². The molecule has 0 saturated heterocycles. The highest BCUT2D eigenvalue weighted by Gasteiger charge is 2.14. The minimum atomic E-state index is -0.361. The maximum Gasteiger partial charge on any atom is 0.255 e. The van der Waals surface area contributed by atoms with Crippen LogP contribution in [-0.2, 0) is 4.79 Å². The molecule has 138 valence electrons. The summed E-state index contributed by atoms with van der Waals surface area (Å²) in [7, 11) is 0. The van der Waals surface area contributed by atoms with E-state index in [-0.39, 0.29) is 18.4 Å². The maximum absolute atomic E-state index is 12.3. The first-order chi connectivity index (χ1) is 12.7. The lowest BCUT2D eigenvalue weighted by molar-refractivity contribution is -0.115. The first-order valence-corrected chi connectivity index (χ1v) is 8.67. The van der Waals surface area contributed by atoms with Gasteiger partial charge in [-0.05, 0) is 37.6 Å². The lowest BCUT2D eigenvalue weighted by Crippen LogP contribution is -2.33. The Morgan fingerprint density at radius 2 is 1.62 bits per heavy atom. The number of carbonyl (C=O) groups is 2. The van der Waals surface area contributed by atoms with E-state index in [0.29, 0.717) is 36.0 Å². The number of nitrogens with one attached hydrogen (secondary N) is 2. The van der Waals surface area contributed by atoms with E-state index in [1.165, 1.54) is 0 Å². The Morgan fingerprint density at radius 1 is 0.923 bits per heavy atom. The number of amides is 2. The highest BCUT2D eigenvalue weighted by Crippen LogP contribution is 2.23. The highest BCUT2D eigenvalue weighted by atomic mass is 16.5. The third-order valence-corrected chi connectivity index (χ3v) is 3.46. The van der Waals surface area contributed by atoms with Crippen molar-refractivity contribution in [3.8, 4) is 11.5 Å². The van der Waals surface area contributed by atoms with Crippen molar-refractivity contribution in [3.63, 3.8) is 0 Å². The summed E-state index contributed by atoms with van der Waals surface area (Å²) in [6.07, 6.45) is 0.873. The SMILES string of the molecule is CCCOc1ccccc1NC(=O)CNC(=O)c1ccccc1OCC. The fourth-order valence-corrected chi connectivity index (χ4v) is 2.29. The van der Waals surface area contributed by atoms with Crippen LogP contribution in [0.5, 0.6) is 11.5 Å². The molecule has 0 aliphatic heterocycles. The molecule has 0 bridgehead atoms. The Morgan fingerprint density at radius 3 is 2.35 bits per heavy atom. The van der Waals surface area contributed by atoms with Crippen molar-refractivity contribution in [2.45, 2.75) is 20.3 Å². The normalized spacial score (nSPS) is 10.1. The van der Waals surface area contributed by atoms with E-state index < -0.39 is 0 Å². The number of ether oxygens (including phenoxy) is 2. The molecule has 6 nitrogen and oxygen atoms in total. The second kappa shape index (κ2) is 10.1. The third kappa shape index (κ3) is 5.51. The molecular weight excluding hydrogens is 332 g/mol. The van der Waals surface area contributed by atoms with Crippen LogP contribution < -0.4 is 20.1 Å². The smallest absolute Gasteiger partial charge is 0.255 e. The molecule has 26 heavy (non-hydrogen) atoms. The number of carbonyl (C=O) groups excluding carboxylic acids is 2. The minimum Gasteiger partial charge on any atom is -0.493 e. The van der Waals surface area contributed by atoms with Gasteiger partial charge in [-0.1, -0.05) is 31.2 Å².